The molecule has 1 fully saturated rings. The number of benzene rings is 1. The van der Waals surface area contributed by atoms with Crippen LogP contribution in [0.3, 0.4) is 0 Å². The Morgan fingerprint density at radius 3 is 2.52 bits per heavy atom. The third-order valence-corrected chi connectivity index (χ3v) is 5.13. The normalized spacial score (nSPS) is 21.1. The number of hydrogen-bond donors (Lipinski definition) is 0. The molecule has 136 valence electrons. The monoisotopic (exact) mass is 343 g/mol. The number of halogens is 1. The van der Waals surface area contributed by atoms with Crippen LogP contribution < -0.4 is 0 Å². The standard InChI is InChI=1S/C22H30FNO/c1-2-3-5-18-8-10-20(11-9-18)17-25-22-14-12-19(13-15-22)6-4-7-21(23)16-24/h7-11,19,22H,2-6,12-15,17H2,1H3/b21-7-. The fourth-order valence-corrected chi connectivity index (χ4v) is 3.48. The molecular weight excluding hydrogens is 313 g/mol. The quantitative estimate of drug-likeness (QED) is 0.496. The lowest BCUT2D eigenvalue weighted by Gasteiger charge is -2.28. The summed E-state index contributed by atoms with van der Waals surface area (Å²) in [6.07, 6.45) is 11.5. The molecule has 0 atom stereocenters. The number of aryl methyl sites for hydroxylation is 1. The Labute approximate surface area is 151 Å². The Bertz CT molecular complexity index is 565. The molecule has 0 aliphatic heterocycles. The minimum Gasteiger partial charge on any atom is -0.374 e. The topological polar surface area (TPSA) is 33.0 Å². The lowest BCUT2D eigenvalue weighted by atomic mass is 9.84. The second-order valence-electron chi connectivity index (χ2n) is 7.12. The summed E-state index contributed by atoms with van der Waals surface area (Å²) in [5.74, 6) is -0.0156. The van der Waals surface area contributed by atoms with Gasteiger partial charge in [0.1, 0.15) is 6.07 Å². The van der Waals surface area contributed by atoms with E-state index < -0.39 is 5.83 Å². The average Bonchev–Trinajstić information content (AvgIpc) is 2.66. The Hall–Kier alpha value is -1.66. The van der Waals surface area contributed by atoms with Crippen LogP contribution in [0.2, 0.25) is 0 Å². The highest BCUT2D eigenvalue weighted by atomic mass is 19.1. The van der Waals surface area contributed by atoms with Gasteiger partial charge >= 0.3 is 0 Å². The summed E-state index contributed by atoms with van der Waals surface area (Å²) < 4.78 is 18.9. The van der Waals surface area contributed by atoms with Gasteiger partial charge in [0.25, 0.3) is 0 Å². The van der Waals surface area contributed by atoms with E-state index in [9.17, 15) is 4.39 Å². The molecule has 0 radical (unpaired) electrons. The smallest absolute Gasteiger partial charge is 0.196 e. The van der Waals surface area contributed by atoms with Crippen LogP contribution in [-0.2, 0) is 17.8 Å². The van der Waals surface area contributed by atoms with Crippen molar-refractivity contribution in [3.63, 3.8) is 0 Å². The maximum absolute atomic E-state index is 12.8. The summed E-state index contributed by atoms with van der Waals surface area (Å²) in [4.78, 5) is 0. The average molecular weight is 343 g/mol. The van der Waals surface area contributed by atoms with Gasteiger partial charge in [0.15, 0.2) is 5.83 Å². The maximum Gasteiger partial charge on any atom is 0.196 e. The van der Waals surface area contributed by atoms with Crippen LogP contribution in [0.5, 0.6) is 0 Å². The molecule has 0 spiro atoms. The van der Waals surface area contributed by atoms with Gasteiger partial charge in [-0.15, -0.1) is 0 Å². The summed E-state index contributed by atoms with van der Waals surface area (Å²) >= 11 is 0. The van der Waals surface area contributed by atoms with Gasteiger partial charge < -0.3 is 4.74 Å². The van der Waals surface area contributed by atoms with Crippen LogP contribution in [-0.4, -0.2) is 6.10 Å². The number of rotatable bonds is 9. The number of unbranched alkanes of at least 4 members (excludes halogenated alkanes) is 1. The second kappa shape index (κ2) is 11.1. The molecule has 25 heavy (non-hydrogen) atoms. The van der Waals surface area contributed by atoms with Gasteiger partial charge in [-0.25, -0.2) is 0 Å². The molecule has 1 aromatic carbocycles. The van der Waals surface area contributed by atoms with E-state index in [1.54, 1.807) is 0 Å². The summed E-state index contributed by atoms with van der Waals surface area (Å²) in [6.45, 7) is 2.91. The van der Waals surface area contributed by atoms with Crippen molar-refractivity contribution in [3.8, 4) is 6.07 Å². The number of allylic oxidation sites excluding steroid dienone is 2. The SMILES string of the molecule is CCCCc1ccc(COC2CCC(CC/C=C(\F)C#N)CC2)cc1. The van der Waals surface area contributed by atoms with E-state index in [0.29, 0.717) is 25.0 Å². The van der Waals surface area contributed by atoms with Gasteiger partial charge in [-0.2, -0.15) is 9.65 Å². The van der Waals surface area contributed by atoms with Gasteiger partial charge in [0, 0.05) is 0 Å². The molecule has 1 aliphatic rings. The van der Waals surface area contributed by atoms with Gasteiger partial charge in [-0.05, 0) is 74.5 Å². The minimum atomic E-state index is -0.655. The van der Waals surface area contributed by atoms with Crippen LogP contribution >= 0.6 is 0 Å². The van der Waals surface area contributed by atoms with Crippen molar-refractivity contribution in [3.05, 3.63) is 47.3 Å². The van der Waals surface area contributed by atoms with Gasteiger partial charge in [-0.1, -0.05) is 37.6 Å². The van der Waals surface area contributed by atoms with Crippen molar-refractivity contribution in [2.24, 2.45) is 5.92 Å². The Morgan fingerprint density at radius 1 is 1.20 bits per heavy atom. The van der Waals surface area contributed by atoms with E-state index in [-0.39, 0.29) is 0 Å². The highest BCUT2D eigenvalue weighted by Crippen LogP contribution is 2.30. The first-order valence-corrected chi connectivity index (χ1v) is 9.66. The summed E-state index contributed by atoms with van der Waals surface area (Å²) in [5, 5.41) is 8.40. The fourth-order valence-electron chi connectivity index (χ4n) is 3.48. The van der Waals surface area contributed by atoms with E-state index in [0.717, 1.165) is 38.5 Å². The Balaban J connectivity index is 1.64. The van der Waals surface area contributed by atoms with Crippen LogP contribution in [0.4, 0.5) is 4.39 Å². The predicted molar refractivity (Wildman–Crippen MR) is 99.6 cm³/mol. The molecule has 0 saturated heterocycles. The maximum atomic E-state index is 12.8. The van der Waals surface area contributed by atoms with Crippen molar-refractivity contribution in [1.82, 2.24) is 0 Å². The zero-order chi connectivity index (χ0) is 17.9. The molecule has 0 N–H and O–H groups in total. The minimum absolute atomic E-state index is 0.349. The zero-order valence-electron chi connectivity index (χ0n) is 15.3. The number of ether oxygens (including phenoxy) is 1. The van der Waals surface area contributed by atoms with Crippen molar-refractivity contribution in [2.45, 2.75) is 77.4 Å². The first-order valence-electron chi connectivity index (χ1n) is 9.66. The summed E-state index contributed by atoms with van der Waals surface area (Å²) in [7, 11) is 0. The van der Waals surface area contributed by atoms with E-state index in [1.165, 1.54) is 36.1 Å². The lowest BCUT2D eigenvalue weighted by Crippen LogP contribution is -2.21. The summed E-state index contributed by atoms with van der Waals surface area (Å²) in [6, 6.07) is 10.3. The Kier molecular flexibility index (Phi) is 8.69. The molecule has 1 aromatic rings. The molecule has 2 nitrogen and oxygen atoms in total. The van der Waals surface area contributed by atoms with Crippen LogP contribution in [0.1, 0.15) is 69.4 Å². The molecule has 0 bridgehead atoms. The molecule has 1 saturated carbocycles. The first kappa shape index (κ1) is 19.7. The van der Waals surface area contributed by atoms with Gasteiger partial charge in [0.2, 0.25) is 0 Å². The highest BCUT2D eigenvalue weighted by Gasteiger charge is 2.21. The van der Waals surface area contributed by atoms with Gasteiger partial charge in [-0.3, -0.25) is 0 Å². The third kappa shape index (κ3) is 7.40. The van der Waals surface area contributed by atoms with E-state index in [2.05, 4.69) is 31.2 Å². The Morgan fingerprint density at radius 2 is 1.88 bits per heavy atom. The predicted octanol–water partition coefficient (Wildman–Crippen LogP) is 6.26. The third-order valence-electron chi connectivity index (χ3n) is 5.13. The van der Waals surface area contributed by atoms with Crippen LogP contribution in [0.15, 0.2) is 36.2 Å². The second-order valence-corrected chi connectivity index (χ2v) is 7.12. The van der Waals surface area contributed by atoms with Crippen molar-refractivity contribution >= 4 is 0 Å². The molecule has 1 aliphatic carbocycles. The van der Waals surface area contributed by atoms with Crippen LogP contribution in [0.25, 0.3) is 0 Å². The molecule has 0 unspecified atom stereocenters. The van der Waals surface area contributed by atoms with Crippen LogP contribution in [0, 0.1) is 17.2 Å². The molecule has 2 rings (SSSR count). The molecule has 0 amide bonds. The van der Waals surface area contributed by atoms with E-state index >= 15 is 0 Å². The van der Waals surface area contributed by atoms with Crippen molar-refractivity contribution in [1.29, 1.82) is 5.26 Å². The lowest BCUT2D eigenvalue weighted by molar-refractivity contribution is 0.00645. The number of nitriles is 1. The molecule has 0 heterocycles. The van der Waals surface area contributed by atoms with Crippen molar-refractivity contribution < 1.29 is 9.13 Å². The fraction of sp³-hybridized carbons (Fsp3) is 0.591. The van der Waals surface area contributed by atoms with E-state index in [1.807, 2.05) is 0 Å². The molecule has 3 heteroatoms. The zero-order valence-corrected chi connectivity index (χ0v) is 15.3. The first-order chi connectivity index (χ1) is 12.2. The number of nitrogens with zero attached hydrogens (tertiary/aromatic N) is 1. The van der Waals surface area contributed by atoms with Crippen molar-refractivity contribution in [2.75, 3.05) is 0 Å². The largest absolute Gasteiger partial charge is 0.374 e. The number of hydrogen-bond acceptors (Lipinski definition) is 2. The molecule has 0 aromatic heterocycles. The van der Waals surface area contributed by atoms with Gasteiger partial charge in [0.05, 0.1) is 12.7 Å². The molecular formula is C22H30FNO. The van der Waals surface area contributed by atoms with E-state index in [4.69, 9.17) is 10.00 Å². The highest BCUT2D eigenvalue weighted by molar-refractivity contribution is 5.22. The summed E-state index contributed by atoms with van der Waals surface area (Å²) in [5.41, 5.74) is 2.66.